The average Bonchev–Trinajstić information content (AvgIpc) is 3.65. The van der Waals surface area contributed by atoms with E-state index in [0.29, 0.717) is 31.9 Å². The minimum absolute atomic E-state index is 0.120. The molecule has 0 fully saturated rings. The van der Waals surface area contributed by atoms with Gasteiger partial charge in [-0.1, -0.05) is 108 Å². The molecular formula is C43H39N3O4S. The van der Waals surface area contributed by atoms with Crippen molar-refractivity contribution >= 4 is 23.4 Å². The van der Waals surface area contributed by atoms with Gasteiger partial charge < -0.3 is 14.0 Å². The van der Waals surface area contributed by atoms with Crippen LogP contribution in [-0.4, -0.2) is 27.8 Å². The van der Waals surface area contributed by atoms with Crippen LogP contribution in [0, 0.1) is 6.92 Å². The molecule has 0 amide bonds. The third-order valence-corrected chi connectivity index (χ3v) is 9.80. The largest absolute Gasteiger partial charge is 0.491 e. The second kappa shape index (κ2) is 14.2. The highest BCUT2D eigenvalue weighted by atomic mass is 32.1. The summed E-state index contributed by atoms with van der Waals surface area (Å²) in [6.45, 7) is 9.74. The number of nitrogens with zero attached hydrogens (tertiary/aromatic N) is 3. The molecule has 7 rings (SSSR count). The van der Waals surface area contributed by atoms with Crippen molar-refractivity contribution in [2.24, 2.45) is 4.99 Å². The number of carbonyl (C=O) groups excluding carboxylic acids is 1. The smallest absolute Gasteiger partial charge is 0.338 e. The molecule has 1 atom stereocenters. The molecule has 1 aliphatic rings. The molecule has 0 unspecified atom stereocenters. The van der Waals surface area contributed by atoms with Crippen molar-refractivity contribution in [2.45, 2.75) is 46.8 Å². The Morgan fingerprint density at radius 2 is 1.53 bits per heavy atom. The Bertz CT molecular complexity index is 2440. The van der Waals surface area contributed by atoms with Gasteiger partial charge in [-0.25, -0.2) is 9.79 Å². The number of allylic oxidation sites excluding steroid dienone is 1. The zero-order chi connectivity index (χ0) is 35.6. The van der Waals surface area contributed by atoms with Crippen LogP contribution in [0.25, 0.3) is 34.3 Å². The van der Waals surface area contributed by atoms with Gasteiger partial charge >= 0.3 is 5.97 Å². The highest BCUT2D eigenvalue weighted by molar-refractivity contribution is 7.07. The van der Waals surface area contributed by atoms with Gasteiger partial charge in [-0.3, -0.25) is 9.36 Å². The summed E-state index contributed by atoms with van der Waals surface area (Å²) in [4.78, 5) is 33.6. The first-order chi connectivity index (χ1) is 24.7. The van der Waals surface area contributed by atoms with E-state index in [0.717, 1.165) is 33.8 Å². The lowest BCUT2D eigenvalue weighted by Crippen LogP contribution is -2.40. The molecule has 0 aliphatic carbocycles. The minimum atomic E-state index is -0.789. The number of hydrogen-bond acceptors (Lipinski definition) is 6. The highest BCUT2D eigenvalue weighted by Gasteiger charge is 2.35. The van der Waals surface area contributed by atoms with Crippen LogP contribution >= 0.6 is 11.3 Å². The third-order valence-electron chi connectivity index (χ3n) is 8.82. The fourth-order valence-corrected chi connectivity index (χ4v) is 7.65. The lowest BCUT2D eigenvalue weighted by atomic mass is 9.95. The predicted octanol–water partition coefficient (Wildman–Crippen LogP) is 8.02. The van der Waals surface area contributed by atoms with Gasteiger partial charge in [-0.2, -0.15) is 0 Å². The molecule has 0 saturated heterocycles. The lowest BCUT2D eigenvalue weighted by molar-refractivity contribution is -0.139. The lowest BCUT2D eigenvalue weighted by Gasteiger charge is -2.26. The number of benzene rings is 4. The average molecular weight is 694 g/mol. The molecule has 8 heteroatoms. The first-order valence-electron chi connectivity index (χ1n) is 17.1. The van der Waals surface area contributed by atoms with Gasteiger partial charge in [0.05, 0.1) is 39.9 Å². The van der Waals surface area contributed by atoms with E-state index in [-0.39, 0.29) is 18.3 Å². The van der Waals surface area contributed by atoms with Gasteiger partial charge in [-0.15, -0.1) is 0 Å². The molecule has 6 aromatic rings. The summed E-state index contributed by atoms with van der Waals surface area (Å²) in [5.41, 5.74) is 8.34. The molecule has 3 heterocycles. The van der Waals surface area contributed by atoms with E-state index in [2.05, 4.69) is 66.1 Å². The molecule has 0 saturated carbocycles. The molecule has 51 heavy (non-hydrogen) atoms. The third kappa shape index (κ3) is 6.51. The summed E-state index contributed by atoms with van der Waals surface area (Å²) in [6.07, 6.45) is 1.84. The van der Waals surface area contributed by atoms with Crippen molar-refractivity contribution in [2.75, 3.05) is 6.61 Å². The maximum Gasteiger partial charge on any atom is 0.338 e. The molecule has 256 valence electrons. The maximum atomic E-state index is 14.7. The first kappa shape index (κ1) is 33.8. The maximum absolute atomic E-state index is 14.7. The number of aromatic nitrogens is 2. The fourth-order valence-electron chi connectivity index (χ4n) is 6.61. The van der Waals surface area contributed by atoms with Crippen molar-refractivity contribution in [1.82, 2.24) is 9.13 Å². The van der Waals surface area contributed by atoms with Crippen LogP contribution in [0.2, 0.25) is 0 Å². The van der Waals surface area contributed by atoms with Crippen LogP contribution in [0.1, 0.15) is 50.4 Å². The van der Waals surface area contributed by atoms with Crippen LogP contribution in [0.3, 0.4) is 0 Å². The fraction of sp³-hybridized carbons (Fsp3) is 0.186. The van der Waals surface area contributed by atoms with E-state index < -0.39 is 12.0 Å². The van der Waals surface area contributed by atoms with Crippen LogP contribution in [-0.2, 0) is 9.53 Å². The van der Waals surface area contributed by atoms with Crippen molar-refractivity contribution in [3.8, 4) is 34.0 Å². The van der Waals surface area contributed by atoms with E-state index in [1.54, 1.807) is 18.4 Å². The SMILES string of the molecule is CCOC(=O)C1=C(C)N=c2s/c(=C\c3cc(-c4ccccc4)n(-c4ccc(C)cc4)c3-c3ccccc3)c(=O)n2[C@H]1c1ccccc1OC(C)C. The molecule has 0 bridgehead atoms. The Kier molecular flexibility index (Phi) is 9.43. The Morgan fingerprint density at radius 1 is 0.882 bits per heavy atom. The summed E-state index contributed by atoms with van der Waals surface area (Å²) >= 11 is 1.31. The second-order valence-electron chi connectivity index (χ2n) is 12.7. The molecular weight excluding hydrogens is 655 g/mol. The van der Waals surface area contributed by atoms with E-state index in [1.165, 1.54) is 16.9 Å². The van der Waals surface area contributed by atoms with Gasteiger partial charge in [-0.05, 0) is 76.1 Å². The van der Waals surface area contributed by atoms with Crippen LogP contribution < -0.4 is 19.6 Å². The normalized spacial score (nSPS) is 14.4. The van der Waals surface area contributed by atoms with Crippen molar-refractivity contribution < 1.29 is 14.3 Å². The number of rotatable bonds is 9. The molecule has 7 nitrogen and oxygen atoms in total. The monoisotopic (exact) mass is 693 g/mol. The van der Waals surface area contributed by atoms with Crippen LogP contribution in [0.15, 0.2) is 136 Å². The van der Waals surface area contributed by atoms with Gasteiger partial charge in [0.15, 0.2) is 4.80 Å². The zero-order valence-corrected chi connectivity index (χ0v) is 30.1. The number of para-hydroxylation sites is 1. The topological polar surface area (TPSA) is 74.8 Å². The standard InChI is InChI=1S/C43H39N3O4S/c1-6-49-42(48)38-29(5)44-43-46(40(38)34-19-13-14-20-36(34)50-27(2)3)41(47)37(51-43)26-32-25-35(30-15-9-7-10-16-30)45(33-23-21-28(4)22-24-33)39(32)31-17-11-8-12-18-31/h7-27,40H,6H2,1-5H3/b37-26-/t40-/m0/s1. The summed E-state index contributed by atoms with van der Waals surface area (Å²) in [6, 6.07) is 37.9. The second-order valence-corrected chi connectivity index (χ2v) is 13.8. The van der Waals surface area contributed by atoms with E-state index in [4.69, 9.17) is 14.5 Å². The summed E-state index contributed by atoms with van der Waals surface area (Å²) in [5.74, 6) is 0.0871. The van der Waals surface area contributed by atoms with Crippen molar-refractivity contribution in [1.29, 1.82) is 0 Å². The number of fused-ring (bicyclic) bond motifs is 1. The molecule has 0 spiro atoms. The summed E-state index contributed by atoms with van der Waals surface area (Å²) in [7, 11) is 0. The predicted molar refractivity (Wildman–Crippen MR) is 204 cm³/mol. The van der Waals surface area contributed by atoms with Crippen LogP contribution in [0.4, 0.5) is 0 Å². The van der Waals surface area contributed by atoms with Crippen LogP contribution in [0.5, 0.6) is 5.75 Å². The van der Waals surface area contributed by atoms with Crippen molar-refractivity contribution in [3.63, 3.8) is 0 Å². The van der Waals surface area contributed by atoms with E-state index in [9.17, 15) is 9.59 Å². The Labute approximate surface area is 301 Å². The van der Waals surface area contributed by atoms with E-state index in [1.807, 2.05) is 80.6 Å². The minimum Gasteiger partial charge on any atom is -0.491 e. The number of aryl methyl sites for hydroxylation is 1. The number of ether oxygens (including phenoxy) is 2. The van der Waals surface area contributed by atoms with Gasteiger partial charge in [0.1, 0.15) is 11.8 Å². The molecule has 4 aromatic carbocycles. The zero-order valence-electron chi connectivity index (χ0n) is 29.3. The van der Waals surface area contributed by atoms with Crippen molar-refractivity contribution in [3.05, 3.63) is 163 Å². The Hall–Kier alpha value is -5.73. The highest BCUT2D eigenvalue weighted by Crippen LogP contribution is 2.38. The Balaban J connectivity index is 1.51. The summed E-state index contributed by atoms with van der Waals surface area (Å²) in [5, 5.41) is 0. The molecule has 1 aliphatic heterocycles. The van der Waals surface area contributed by atoms with Gasteiger partial charge in [0.2, 0.25) is 0 Å². The first-order valence-corrected chi connectivity index (χ1v) is 18.0. The number of carbonyl (C=O) groups is 1. The van der Waals surface area contributed by atoms with E-state index >= 15 is 0 Å². The quantitative estimate of drug-likeness (QED) is 0.144. The molecule has 2 aromatic heterocycles. The summed E-state index contributed by atoms with van der Waals surface area (Å²) < 4.78 is 16.1. The number of thiazole rings is 1. The Morgan fingerprint density at radius 3 is 2.20 bits per heavy atom. The number of hydrogen-bond donors (Lipinski definition) is 0. The number of esters is 1. The van der Waals surface area contributed by atoms with Gasteiger partial charge in [0, 0.05) is 16.8 Å². The van der Waals surface area contributed by atoms with Gasteiger partial charge in [0.25, 0.3) is 5.56 Å². The molecule has 0 N–H and O–H groups in total. The molecule has 0 radical (unpaired) electrons.